The zero-order valence-electron chi connectivity index (χ0n) is 10.7. The number of hydrogen-bond donors (Lipinski definition) is 1. The van der Waals surface area contributed by atoms with Crippen LogP contribution in [-0.2, 0) is 0 Å². The average Bonchev–Trinajstić information content (AvgIpc) is 3.28. The van der Waals surface area contributed by atoms with E-state index in [1.807, 2.05) is 0 Å². The SMILES string of the molecule is Fc1ccc2nc(NCC(C3CC3)C3CC3)nn2c1. The van der Waals surface area contributed by atoms with Crippen molar-refractivity contribution in [1.29, 1.82) is 0 Å². The normalized spacial score (nSPS) is 19.3. The van der Waals surface area contributed by atoms with Crippen LogP contribution in [0.3, 0.4) is 0 Å². The molecule has 2 saturated carbocycles. The summed E-state index contributed by atoms with van der Waals surface area (Å²) in [6.45, 7) is 0.953. The molecule has 0 unspecified atom stereocenters. The maximum absolute atomic E-state index is 13.1. The molecule has 2 aliphatic rings. The van der Waals surface area contributed by atoms with Gasteiger partial charge in [-0.05, 0) is 55.6 Å². The number of anilines is 1. The number of nitrogens with one attached hydrogen (secondary N) is 1. The van der Waals surface area contributed by atoms with Crippen LogP contribution in [0.15, 0.2) is 18.3 Å². The van der Waals surface area contributed by atoms with E-state index in [2.05, 4.69) is 15.4 Å². The third-order valence-electron chi connectivity index (χ3n) is 4.25. The van der Waals surface area contributed by atoms with Crippen molar-refractivity contribution >= 4 is 11.6 Å². The van der Waals surface area contributed by atoms with E-state index in [1.165, 1.54) is 42.5 Å². The second-order valence-electron chi connectivity index (χ2n) is 5.81. The van der Waals surface area contributed by atoms with Crippen LogP contribution in [0.4, 0.5) is 10.3 Å². The lowest BCUT2D eigenvalue weighted by Crippen LogP contribution is -2.18. The maximum Gasteiger partial charge on any atom is 0.243 e. The molecule has 4 rings (SSSR count). The highest BCUT2D eigenvalue weighted by molar-refractivity contribution is 5.43. The Hall–Kier alpha value is -1.65. The van der Waals surface area contributed by atoms with Gasteiger partial charge in [0.25, 0.3) is 0 Å². The summed E-state index contributed by atoms with van der Waals surface area (Å²) in [5.41, 5.74) is 0.679. The average molecular weight is 260 g/mol. The summed E-state index contributed by atoms with van der Waals surface area (Å²) in [5, 5.41) is 7.59. The number of halogens is 1. The van der Waals surface area contributed by atoms with E-state index >= 15 is 0 Å². The Morgan fingerprint density at radius 2 is 2.00 bits per heavy atom. The molecule has 0 saturated heterocycles. The van der Waals surface area contributed by atoms with Gasteiger partial charge in [-0.2, -0.15) is 4.98 Å². The molecule has 4 nitrogen and oxygen atoms in total. The van der Waals surface area contributed by atoms with Crippen molar-refractivity contribution < 1.29 is 4.39 Å². The van der Waals surface area contributed by atoms with Crippen LogP contribution in [0.5, 0.6) is 0 Å². The van der Waals surface area contributed by atoms with Gasteiger partial charge in [0.15, 0.2) is 5.65 Å². The number of rotatable bonds is 5. The van der Waals surface area contributed by atoms with Crippen LogP contribution in [0.25, 0.3) is 5.65 Å². The molecule has 2 heterocycles. The summed E-state index contributed by atoms with van der Waals surface area (Å²) >= 11 is 0. The number of fused-ring (bicyclic) bond motifs is 1. The van der Waals surface area contributed by atoms with Gasteiger partial charge in [-0.1, -0.05) is 0 Å². The molecular formula is C14H17FN4. The standard InChI is InChI=1S/C14H17FN4/c15-11-5-6-13-17-14(18-19(13)8-11)16-7-12(9-1-2-9)10-3-4-10/h5-6,8-10,12H,1-4,7H2,(H,16,18). The third kappa shape index (κ3) is 2.29. The lowest BCUT2D eigenvalue weighted by molar-refractivity contribution is 0.427. The highest BCUT2D eigenvalue weighted by Crippen LogP contribution is 2.49. The maximum atomic E-state index is 13.1. The van der Waals surface area contributed by atoms with Crippen LogP contribution < -0.4 is 5.32 Å². The lowest BCUT2D eigenvalue weighted by atomic mass is 9.98. The van der Waals surface area contributed by atoms with Gasteiger partial charge in [0.2, 0.25) is 5.95 Å². The Morgan fingerprint density at radius 3 is 2.68 bits per heavy atom. The van der Waals surface area contributed by atoms with Gasteiger partial charge in [-0.25, -0.2) is 8.91 Å². The van der Waals surface area contributed by atoms with E-state index in [1.54, 1.807) is 6.07 Å². The van der Waals surface area contributed by atoms with E-state index in [-0.39, 0.29) is 5.82 Å². The fraction of sp³-hybridized carbons (Fsp3) is 0.571. The second-order valence-corrected chi connectivity index (χ2v) is 5.81. The molecule has 0 amide bonds. The summed E-state index contributed by atoms with van der Waals surface area (Å²) in [7, 11) is 0. The van der Waals surface area contributed by atoms with Crippen LogP contribution in [-0.4, -0.2) is 21.1 Å². The minimum absolute atomic E-state index is 0.294. The van der Waals surface area contributed by atoms with Crippen LogP contribution in [0.1, 0.15) is 25.7 Å². The predicted molar refractivity (Wildman–Crippen MR) is 70.4 cm³/mol. The van der Waals surface area contributed by atoms with Crippen molar-refractivity contribution in [3.05, 3.63) is 24.1 Å². The van der Waals surface area contributed by atoms with Crippen molar-refractivity contribution in [1.82, 2.24) is 14.6 Å². The van der Waals surface area contributed by atoms with Crippen LogP contribution >= 0.6 is 0 Å². The molecule has 2 aliphatic carbocycles. The Morgan fingerprint density at radius 1 is 1.26 bits per heavy atom. The zero-order valence-corrected chi connectivity index (χ0v) is 10.7. The first kappa shape index (κ1) is 11.2. The highest BCUT2D eigenvalue weighted by atomic mass is 19.1. The van der Waals surface area contributed by atoms with E-state index in [0.29, 0.717) is 11.6 Å². The molecule has 0 spiro atoms. The van der Waals surface area contributed by atoms with Gasteiger partial charge in [-0.15, -0.1) is 5.10 Å². The monoisotopic (exact) mass is 260 g/mol. The van der Waals surface area contributed by atoms with Gasteiger partial charge in [0.05, 0.1) is 6.20 Å². The van der Waals surface area contributed by atoms with Crippen molar-refractivity contribution in [2.75, 3.05) is 11.9 Å². The van der Waals surface area contributed by atoms with Crippen LogP contribution in [0, 0.1) is 23.6 Å². The molecule has 0 atom stereocenters. The summed E-state index contributed by atoms with van der Waals surface area (Å²) in [4.78, 5) is 4.36. The Labute approximate surface area is 111 Å². The van der Waals surface area contributed by atoms with Gasteiger partial charge in [-0.3, -0.25) is 0 Å². The van der Waals surface area contributed by atoms with Gasteiger partial charge in [0, 0.05) is 6.54 Å². The van der Waals surface area contributed by atoms with Gasteiger partial charge < -0.3 is 5.32 Å². The third-order valence-corrected chi connectivity index (χ3v) is 4.25. The molecule has 5 heteroatoms. The summed E-state index contributed by atoms with van der Waals surface area (Å²) in [6, 6.07) is 3.05. The molecular weight excluding hydrogens is 243 g/mol. The Bertz CT molecular complexity index is 589. The van der Waals surface area contributed by atoms with Crippen molar-refractivity contribution in [2.24, 2.45) is 17.8 Å². The second kappa shape index (κ2) is 4.18. The van der Waals surface area contributed by atoms with Crippen molar-refractivity contribution in [3.63, 3.8) is 0 Å². The first-order chi connectivity index (χ1) is 9.29. The number of nitrogens with zero attached hydrogens (tertiary/aromatic N) is 3. The quantitative estimate of drug-likeness (QED) is 0.898. The summed E-state index contributed by atoms with van der Waals surface area (Å²) in [6.07, 6.45) is 6.88. The number of pyridine rings is 1. The van der Waals surface area contributed by atoms with Crippen molar-refractivity contribution in [2.45, 2.75) is 25.7 Å². The minimum atomic E-state index is -0.294. The summed E-state index contributed by atoms with van der Waals surface area (Å²) in [5.74, 6) is 2.92. The zero-order chi connectivity index (χ0) is 12.8. The summed E-state index contributed by atoms with van der Waals surface area (Å²) < 4.78 is 14.6. The molecule has 0 bridgehead atoms. The molecule has 0 aliphatic heterocycles. The Balaban J connectivity index is 1.48. The van der Waals surface area contributed by atoms with Crippen LogP contribution in [0.2, 0.25) is 0 Å². The van der Waals surface area contributed by atoms with Crippen molar-refractivity contribution in [3.8, 4) is 0 Å². The molecule has 2 aromatic rings. The highest BCUT2D eigenvalue weighted by Gasteiger charge is 2.41. The van der Waals surface area contributed by atoms with Gasteiger partial charge in [0.1, 0.15) is 5.82 Å². The lowest BCUT2D eigenvalue weighted by Gasteiger charge is -2.14. The first-order valence-electron chi connectivity index (χ1n) is 7.05. The topological polar surface area (TPSA) is 42.2 Å². The van der Waals surface area contributed by atoms with Gasteiger partial charge >= 0.3 is 0 Å². The van der Waals surface area contributed by atoms with E-state index in [9.17, 15) is 4.39 Å². The number of hydrogen-bond acceptors (Lipinski definition) is 3. The fourth-order valence-corrected chi connectivity index (χ4v) is 2.91. The van der Waals surface area contributed by atoms with E-state index in [4.69, 9.17) is 0 Å². The predicted octanol–water partition coefficient (Wildman–Crippen LogP) is 2.72. The first-order valence-corrected chi connectivity index (χ1v) is 7.05. The number of aromatic nitrogens is 3. The van der Waals surface area contributed by atoms with E-state index in [0.717, 1.165) is 24.3 Å². The smallest absolute Gasteiger partial charge is 0.243 e. The largest absolute Gasteiger partial charge is 0.353 e. The Kier molecular flexibility index (Phi) is 2.47. The molecule has 2 fully saturated rings. The molecule has 19 heavy (non-hydrogen) atoms. The molecule has 100 valence electrons. The molecule has 2 aromatic heterocycles. The minimum Gasteiger partial charge on any atom is -0.353 e. The molecule has 1 N–H and O–H groups in total. The van der Waals surface area contributed by atoms with E-state index < -0.39 is 0 Å². The molecule has 0 aromatic carbocycles. The molecule has 0 radical (unpaired) electrons. The fourth-order valence-electron chi connectivity index (χ4n) is 2.91.